The van der Waals surface area contributed by atoms with Gasteiger partial charge >= 0.3 is 0 Å². The average Bonchev–Trinajstić information content (AvgIpc) is 3.28. The number of primary amides is 1. The van der Waals surface area contributed by atoms with Gasteiger partial charge in [-0.2, -0.15) is 0 Å². The Morgan fingerprint density at radius 1 is 1.20 bits per heavy atom. The van der Waals surface area contributed by atoms with Crippen molar-refractivity contribution in [2.75, 3.05) is 11.1 Å². The summed E-state index contributed by atoms with van der Waals surface area (Å²) in [4.78, 5) is 13.5. The van der Waals surface area contributed by atoms with Crippen LogP contribution in [-0.2, 0) is 24.4 Å². The average molecular weight is 426 g/mol. The summed E-state index contributed by atoms with van der Waals surface area (Å²) in [5.74, 6) is 0.755. The summed E-state index contributed by atoms with van der Waals surface area (Å²) < 4.78 is 8.22. The fourth-order valence-electron chi connectivity index (χ4n) is 5.14. The maximum absolute atomic E-state index is 12.1. The molecule has 0 saturated heterocycles. The smallest absolute Gasteiger partial charge is 0.250 e. The number of thioether (sulfide) groups is 1. The van der Waals surface area contributed by atoms with Crippen LogP contribution in [0.15, 0.2) is 23.1 Å². The third-order valence-electron chi connectivity index (χ3n) is 6.65. The molecule has 3 N–H and O–H groups in total. The predicted molar refractivity (Wildman–Crippen MR) is 121 cm³/mol. The van der Waals surface area contributed by atoms with Crippen LogP contribution in [0.1, 0.15) is 73.3 Å². The van der Waals surface area contributed by atoms with Crippen molar-refractivity contribution in [3.05, 3.63) is 40.7 Å². The Hall–Kier alpha value is -1.92. The summed E-state index contributed by atoms with van der Waals surface area (Å²) in [5.41, 5.74) is 12.5. The Labute approximate surface area is 182 Å². The maximum atomic E-state index is 12.1. The second-order valence-electron chi connectivity index (χ2n) is 9.73. The number of benzene rings is 1. The number of nitrogens with two attached hydrogens (primary N) is 1. The van der Waals surface area contributed by atoms with Crippen molar-refractivity contribution in [3.8, 4) is 5.69 Å². The first-order valence-corrected chi connectivity index (χ1v) is 12.1. The number of aromatic nitrogens is 1. The van der Waals surface area contributed by atoms with E-state index in [9.17, 15) is 4.79 Å². The van der Waals surface area contributed by atoms with Crippen LogP contribution in [0, 0.1) is 5.41 Å². The lowest BCUT2D eigenvalue weighted by molar-refractivity contribution is 0.100. The zero-order valence-corrected chi connectivity index (χ0v) is 18.7. The van der Waals surface area contributed by atoms with Gasteiger partial charge in [-0.1, -0.05) is 33.1 Å². The third kappa shape index (κ3) is 3.54. The van der Waals surface area contributed by atoms with Crippen LogP contribution < -0.4 is 11.1 Å². The van der Waals surface area contributed by atoms with Crippen LogP contribution in [0.25, 0.3) is 5.69 Å². The van der Waals surface area contributed by atoms with Crippen molar-refractivity contribution in [1.82, 2.24) is 4.57 Å². The predicted octanol–water partition coefficient (Wildman–Crippen LogP) is 5.03. The van der Waals surface area contributed by atoms with E-state index < -0.39 is 0 Å². The number of hydrogen-bond donors (Lipinski definition) is 2. The first-order valence-electron chi connectivity index (χ1n) is 11.1. The van der Waals surface area contributed by atoms with Crippen LogP contribution in [0.5, 0.6) is 0 Å². The minimum Gasteiger partial charge on any atom is -0.382 e. The van der Waals surface area contributed by atoms with E-state index in [4.69, 9.17) is 10.5 Å². The number of fused-ring (bicyclic) bond motifs is 3. The SMILES string of the molecule is CC1(C)CSc2c3c(n(-c4ccc(C(N)=O)c(NC5CCCCC5)c4)c2C1)COC3. The highest BCUT2D eigenvalue weighted by atomic mass is 32.2. The molecule has 1 aromatic heterocycles. The quantitative estimate of drug-likeness (QED) is 0.721. The number of ether oxygens (including phenoxy) is 1. The summed E-state index contributed by atoms with van der Waals surface area (Å²) in [7, 11) is 0. The van der Waals surface area contributed by atoms with E-state index in [1.54, 1.807) is 0 Å². The molecule has 30 heavy (non-hydrogen) atoms. The highest BCUT2D eigenvalue weighted by molar-refractivity contribution is 7.99. The molecule has 6 heteroatoms. The van der Waals surface area contributed by atoms with Gasteiger partial charge < -0.3 is 20.4 Å². The molecule has 2 aliphatic heterocycles. The molecule has 3 aliphatic rings. The Balaban J connectivity index is 1.59. The van der Waals surface area contributed by atoms with Crippen LogP contribution in [0.2, 0.25) is 0 Å². The molecule has 5 nitrogen and oxygen atoms in total. The minimum absolute atomic E-state index is 0.263. The van der Waals surface area contributed by atoms with Gasteiger partial charge in [-0.05, 0) is 42.9 Å². The standard InChI is InChI=1S/C24H31N3O2S/c1-24(2)11-20-22(30-14-24)18-12-29-13-21(18)27(20)16-8-9-17(23(25)28)19(10-16)26-15-6-4-3-5-7-15/h8-10,15,26H,3-7,11-14H2,1-2H3,(H2,25,28). The van der Waals surface area contributed by atoms with E-state index in [1.165, 1.54) is 41.1 Å². The molecule has 1 saturated carbocycles. The van der Waals surface area contributed by atoms with Gasteiger partial charge in [0.2, 0.25) is 0 Å². The van der Waals surface area contributed by atoms with E-state index in [0.717, 1.165) is 36.4 Å². The van der Waals surface area contributed by atoms with Gasteiger partial charge in [0.05, 0.1) is 24.5 Å². The molecule has 0 spiro atoms. The summed E-state index contributed by atoms with van der Waals surface area (Å²) in [6, 6.07) is 6.46. The molecule has 160 valence electrons. The molecule has 0 bridgehead atoms. The maximum Gasteiger partial charge on any atom is 0.250 e. The second kappa shape index (κ2) is 7.65. The highest BCUT2D eigenvalue weighted by Gasteiger charge is 2.35. The lowest BCUT2D eigenvalue weighted by Gasteiger charge is -2.31. The molecule has 1 aliphatic carbocycles. The topological polar surface area (TPSA) is 69.3 Å². The number of carbonyl (C=O) groups is 1. The van der Waals surface area contributed by atoms with Crippen LogP contribution in [0.3, 0.4) is 0 Å². The van der Waals surface area contributed by atoms with Gasteiger partial charge in [-0.25, -0.2) is 0 Å². The number of amides is 1. The fourth-order valence-corrected chi connectivity index (χ4v) is 6.46. The zero-order chi connectivity index (χ0) is 20.9. The van der Waals surface area contributed by atoms with Crippen molar-refractivity contribution < 1.29 is 9.53 Å². The molecular weight excluding hydrogens is 394 g/mol. The van der Waals surface area contributed by atoms with Crippen molar-refractivity contribution >= 4 is 23.4 Å². The van der Waals surface area contributed by atoms with Crippen molar-refractivity contribution in [2.45, 2.75) is 76.5 Å². The summed E-state index contributed by atoms with van der Waals surface area (Å²) in [6.07, 6.45) is 7.13. The molecule has 0 radical (unpaired) electrons. The largest absolute Gasteiger partial charge is 0.382 e. The first kappa shape index (κ1) is 20.0. The van der Waals surface area contributed by atoms with Crippen molar-refractivity contribution in [2.24, 2.45) is 11.1 Å². The zero-order valence-electron chi connectivity index (χ0n) is 17.9. The number of carbonyl (C=O) groups excluding carboxylic acids is 1. The van der Waals surface area contributed by atoms with Gasteiger partial charge in [0.15, 0.2) is 0 Å². The summed E-state index contributed by atoms with van der Waals surface area (Å²) >= 11 is 1.97. The fraction of sp³-hybridized carbons (Fsp3) is 0.542. The molecule has 1 aromatic carbocycles. The lowest BCUT2D eigenvalue weighted by atomic mass is 9.89. The third-order valence-corrected chi connectivity index (χ3v) is 8.35. The summed E-state index contributed by atoms with van der Waals surface area (Å²) in [6.45, 7) is 6.03. The number of hydrogen-bond acceptors (Lipinski definition) is 4. The minimum atomic E-state index is -0.375. The lowest BCUT2D eigenvalue weighted by Crippen LogP contribution is -2.25. The number of nitrogens with zero attached hydrogens (tertiary/aromatic N) is 1. The van der Waals surface area contributed by atoms with Crippen LogP contribution in [0.4, 0.5) is 5.69 Å². The first-order chi connectivity index (χ1) is 14.4. The van der Waals surface area contributed by atoms with Crippen molar-refractivity contribution in [3.63, 3.8) is 0 Å². The Kier molecular flexibility index (Phi) is 5.10. The summed E-state index contributed by atoms with van der Waals surface area (Å²) in [5, 5.41) is 3.65. The van der Waals surface area contributed by atoms with E-state index >= 15 is 0 Å². The Morgan fingerprint density at radius 2 is 2.00 bits per heavy atom. The second-order valence-corrected chi connectivity index (χ2v) is 10.7. The molecule has 5 rings (SSSR count). The molecule has 3 heterocycles. The normalized spacial score (nSPS) is 20.6. The van der Waals surface area contributed by atoms with E-state index in [-0.39, 0.29) is 11.3 Å². The highest BCUT2D eigenvalue weighted by Crippen LogP contribution is 2.47. The Bertz CT molecular complexity index is 989. The number of nitrogens with one attached hydrogen (secondary N) is 1. The monoisotopic (exact) mass is 425 g/mol. The number of anilines is 1. The molecule has 1 fully saturated rings. The molecule has 2 aromatic rings. The van der Waals surface area contributed by atoms with Gasteiger partial charge in [-0.15, -0.1) is 11.8 Å². The molecule has 0 unspecified atom stereocenters. The van der Waals surface area contributed by atoms with Gasteiger partial charge in [-0.3, -0.25) is 4.79 Å². The van der Waals surface area contributed by atoms with Crippen molar-refractivity contribution in [1.29, 1.82) is 0 Å². The molecular formula is C24H31N3O2S. The number of rotatable bonds is 4. The van der Waals surface area contributed by atoms with E-state index in [1.807, 2.05) is 23.9 Å². The van der Waals surface area contributed by atoms with Gasteiger partial charge in [0.25, 0.3) is 5.91 Å². The van der Waals surface area contributed by atoms with Crippen LogP contribution >= 0.6 is 11.8 Å². The molecule has 1 amide bonds. The molecule has 0 atom stereocenters. The van der Waals surface area contributed by atoms with E-state index in [2.05, 4.69) is 29.8 Å². The van der Waals surface area contributed by atoms with Gasteiger partial charge in [0.1, 0.15) is 0 Å². The Morgan fingerprint density at radius 3 is 2.77 bits per heavy atom. The van der Waals surface area contributed by atoms with E-state index in [0.29, 0.717) is 24.8 Å². The van der Waals surface area contributed by atoms with Crippen LogP contribution in [-0.4, -0.2) is 22.3 Å². The van der Waals surface area contributed by atoms with Gasteiger partial charge in [0, 0.05) is 39.3 Å².